The first-order valence-electron chi connectivity index (χ1n) is 8.02. The minimum atomic E-state index is 0.132. The van der Waals surface area contributed by atoms with E-state index in [2.05, 4.69) is 5.16 Å². The highest BCUT2D eigenvalue weighted by atomic mass is 35.5. The molecule has 0 heterocycles. The van der Waals surface area contributed by atoms with Crippen molar-refractivity contribution >= 4 is 52.6 Å². The van der Waals surface area contributed by atoms with Gasteiger partial charge in [0.2, 0.25) is 0 Å². The lowest BCUT2D eigenvalue weighted by molar-refractivity contribution is 0.144. The average molecular weight is 445 g/mol. The minimum Gasteiger partial charge on any atom is -0.490 e. The zero-order valence-corrected chi connectivity index (χ0v) is 17.4. The maximum Gasteiger partial charge on any atom is 0.156 e. The van der Waals surface area contributed by atoms with Crippen molar-refractivity contribution in [3.8, 4) is 11.5 Å². The second-order valence-electron chi connectivity index (χ2n) is 4.86. The van der Waals surface area contributed by atoms with E-state index >= 15 is 0 Å². The largest absolute Gasteiger partial charge is 0.490 e. The minimum absolute atomic E-state index is 0.132. The molecule has 0 aromatic heterocycles. The standard InChI is InChI=1S/C17H21Cl4NO4/c1-2-26-22-6-10-23-7-3-4-8-25-17-14(18)11-13(12-15(17)19)24-9-5-16(20)21/h5-6,11-12H,2-4,7-10H2,1H3/b22-6+. The molecule has 0 aliphatic carbocycles. The van der Waals surface area contributed by atoms with Gasteiger partial charge in [0.15, 0.2) is 5.75 Å². The smallest absolute Gasteiger partial charge is 0.156 e. The first-order chi connectivity index (χ1) is 12.5. The number of unbranched alkanes of at least 4 members (excludes halogenated alkanes) is 1. The van der Waals surface area contributed by atoms with Crippen LogP contribution in [-0.2, 0) is 9.57 Å². The number of rotatable bonds is 13. The molecule has 0 fully saturated rings. The monoisotopic (exact) mass is 443 g/mol. The summed E-state index contributed by atoms with van der Waals surface area (Å²) >= 11 is 23.4. The van der Waals surface area contributed by atoms with Gasteiger partial charge in [-0.05, 0) is 25.8 Å². The van der Waals surface area contributed by atoms with Crippen LogP contribution < -0.4 is 9.47 Å². The molecule has 0 aliphatic heterocycles. The predicted molar refractivity (Wildman–Crippen MR) is 107 cm³/mol. The number of hydrogen-bond donors (Lipinski definition) is 0. The zero-order valence-electron chi connectivity index (χ0n) is 14.4. The normalized spacial score (nSPS) is 10.8. The summed E-state index contributed by atoms with van der Waals surface area (Å²) < 4.78 is 16.6. The van der Waals surface area contributed by atoms with E-state index < -0.39 is 0 Å². The van der Waals surface area contributed by atoms with Crippen LogP contribution in [0.4, 0.5) is 0 Å². The first kappa shape index (κ1) is 23.2. The van der Waals surface area contributed by atoms with Crippen LogP contribution in [0.1, 0.15) is 19.8 Å². The van der Waals surface area contributed by atoms with Crippen LogP contribution in [0, 0.1) is 0 Å². The van der Waals surface area contributed by atoms with Crippen LogP contribution in [0.2, 0.25) is 10.0 Å². The number of hydrogen-bond acceptors (Lipinski definition) is 5. The molecule has 0 atom stereocenters. The molecule has 0 aliphatic rings. The van der Waals surface area contributed by atoms with Gasteiger partial charge in [-0.3, -0.25) is 0 Å². The molecule has 0 N–H and O–H groups in total. The lowest BCUT2D eigenvalue weighted by Gasteiger charge is -2.12. The van der Waals surface area contributed by atoms with E-state index in [0.717, 1.165) is 12.8 Å². The summed E-state index contributed by atoms with van der Waals surface area (Å²) in [6.07, 6.45) is 4.73. The summed E-state index contributed by atoms with van der Waals surface area (Å²) in [7, 11) is 0. The van der Waals surface area contributed by atoms with E-state index in [0.29, 0.717) is 48.0 Å². The molecule has 1 rings (SSSR count). The Kier molecular flexibility index (Phi) is 12.7. The van der Waals surface area contributed by atoms with Crippen molar-refractivity contribution in [3.63, 3.8) is 0 Å². The summed E-state index contributed by atoms with van der Waals surface area (Å²) in [6.45, 7) is 4.12. The maximum atomic E-state index is 6.19. The van der Waals surface area contributed by atoms with Crippen molar-refractivity contribution < 1.29 is 19.0 Å². The van der Waals surface area contributed by atoms with Gasteiger partial charge in [0.05, 0.1) is 29.5 Å². The first-order valence-corrected chi connectivity index (χ1v) is 9.53. The van der Waals surface area contributed by atoms with Crippen LogP contribution >= 0.6 is 46.4 Å². The maximum absolute atomic E-state index is 6.19. The van der Waals surface area contributed by atoms with E-state index in [1.807, 2.05) is 6.92 Å². The van der Waals surface area contributed by atoms with E-state index in [1.165, 1.54) is 6.08 Å². The van der Waals surface area contributed by atoms with E-state index in [-0.39, 0.29) is 11.1 Å². The van der Waals surface area contributed by atoms with Gasteiger partial charge in [-0.15, -0.1) is 0 Å². The molecule has 146 valence electrons. The number of oxime groups is 1. The van der Waals surface area contributed by atoms with Crippen LogP contribution in [0.5, 0.6) is 11.5 Å². The summed E-state index contributed by atoms with van der Waals surface area (Å²) in [4.78, 5) is 4.81. The summed E-state index contributed by atoms with van der Waals surface area (Å²) in [6, 6.07) is 3.25. The predicted octanol–water partition coefficient (Wildman–Crippen LogP) is 5.89. The Labute approximate surface area is 173 Å². The second kappa shape index (κ2) is 14.2. The van der Waals surface area contributed by atoms with Gasteiger partial charge >= 0.3 is 0 Å². The Morgan fingerprint density at radius 2 is 1.73 bits per heavy atom. The molecule has 0 unspecified atom stereocenters. The molecule has 0 amide bonds. The van der Waals surface area contributed by atoms with Crippen molar-refractivity contribution in [2.24, 2.45) is 5.16 Å². The van der Waals surface area contributed by atoms with Gasteiger partial charge in [-0.1, -0.05) is 51.6 Å². The van der Waals surface area contributed by atoms with E-state index in [9.17, 15) is 0 Å². The van der Waals surface area contributed by atoms with Gasteiger partial charge in [0.25, 0.3) is 0 Å². The Hall–Kier alpha value is -0.850. The molecule has 1 aromatic rings. The van der Waals surface area contributed by atoms with Crippen LogP contribution in [-0.4, -0.2) is 39.2 Å². The molecular formula is C17H21Cl4NO4. The fraction of sp³-hybridized carbons (Fsp3) is 0.471. The zero-order chi connectivity index (χ0) is 19.2. The highest BCUT2D eigenvalue weighted by Gasteiger charge is 2.10. The Morgan fingerprint density at radius 1 is 1.04 bits per heavy atom. The highest BCUT2D eigenvalue weighted by Crippen LogP contribution is 2.37. The number of benzene rings is 1. The molecule has 9 heteroatoms. The van der Waals surface area contributed by atoms with Crippen LogP contribution in [0.15, 0.2) is 27.9 Å². The average Bonchev–Trinajstić information content (AvgIpc) is 2.58. The SMILES string of the molecule is CCO/N=C/COCCCCOc1c(Cl)cc(OCC=C(Cl)Cl)cc1Cl. The third-order valence-corrected chi connectivity index (χ3v) is 3.73. The lowest BCUT2D eigenvalue weighted by Crippen LogP contribution is -2.03. The quantitative estimate of drug-likeness (QED) is 0.216. The topological polar surface area (TPSA) is 49.3 Å². The van der Waals surface area contributed by atoms with Gasteiger partial charge in [-0.2, -0.15) is 0 Å². The molecule has 0 saturated carbocycles. The summed E-state index contributed by atoms with van der Waals surface area (Å²) in [5, 5.41) is 4.43. The number of halogens is 4. The van der Waals surface area contributed by atoms with Crippen molar-refractivity contribution in [1.82, 2.24) is 0 Å². The number of nitrogens with zero attached hydrogens (tertiary/aromatic N) is 1. The van der Waals surface area contributed by atoms with Crippen molar-refractivity contribution in [2.45, 2.75) is 19.8 Å². The molecular weight excluding hydrogens is 424 g/mol. The molecule has 0 spiro atoms. The van der Waals surface area contributed by atoms with Crippen LogP contribution in [0.3, 0.4) is 0 Å². The van der Waals surface area contributed by atoms with Crippen molar-refractivity contribution in [2.75, 3.05) is 33.0 Å². The summed E-state index contributed by atoms with van der Waals surface area (Å²) in [5.41, 5.74) is 0. The van der Waals surface area contributed by atoms with Gasteiger partial charge < -0.3 is 19.0 Å². The fourth-order valence-electron chi connectivity index (χ4n) is 1.73. The molecule has 5 nitrogen and oxygen atoms in total. The van der Waals surface area contributed by atoms with Crippen molar-refractivity contribution in [1.29, 1.82) is 0 Å². The molecule has 1 aromatic carbocycles. The number of ether oxygens (including phenoxy) is 3. The van der Waals surface area contributed by atoms with Crippen molar-refractivity contribution in [3.05, 3.63) is 32.7 Å². The molecule has 0 bridgehead atoms. The Bertz CT molecular complexity index is 569. The third kappa shape index (κ3) is 10.3. The highest BCUT2D eigenvalue weighted by molar-refractivity contribution is 6.55. The van der Waals surface area contributed by atoms with Gasteiger partial charge in [0.1, 0.15) is 23.5 Å². The Morgan fingerprint density at radius 3 is 2.38 bits per heavy atom. The van der Waals surface area contributed by atoms with Crippen LogP contribution in [0.25, 0.3) is 0 Å². The van der Waals surface area contributed by atoms with Gasteiger partial charge in [0, 0.05) is 18.7 Å². The molecule has 0 saturated heterocycles. The van der Waals surface area contributed by atoms with E-state index in [4.69, 9.17) is 65.5 Å². The molecule has 26 heavy (non-hydrogen) atoms. The molecule has 0 radical (unpaired) electrons. The fourth-order valence-corrected chi connectivity index (χ4v) is 2.44. The van der Waals surface area contributed by atoms with Gasteiger partial charge in [-0.25, -0.2) is 0 Å². The Balaban J connectivity index is 2.29. The van der Waals surface area contributed by atoms with E-state index in [1.54, 1.807) is 18.3 Å². The third-order valence-electron chi connectivity index (χ3n) is 2.86. The second-order valence-corrected chi connectivity index (χ2v) is 6.68. The lowest BCUT2D eigenvalue weighted by atomic mass is 10.3. The summed E-state index contributed by atoms with van der Waals surface area (Å²) in [5.74, 6) is 0.927.